The number of benzene rings is 2. The molecule has 0 fully saturated rings. The highest BCUT2D eigenvalue weighted by Crippen LogP contribution is 2.36. The Hall–Kier alpha value is -1.69. The fourth-order valence-corrected chi connectivity index (χ4v) is 2.14. The lowest BCUT2D eigenvalue weighted by molar-refractivity contribution is -0.136. The Morgan fingerprint density at radius 2 is 1.85 bits per heavy atom. The van der Waals surface area contributed by atoms with Crippen molar-refractivity contribution < 1.29 is 13.2 Å². The summed E-state index contributed by atoms with van der Waals surface area (Å²) >= 11 is 3.38. The number of halogens is 4. The zero-order valence-corrected chi connectivity index (χ0v) is 12.1. The summed E-state index contributed by atoms with van der Waals surface area (Å²) in [6.45, 7) is 1.87. The number of nitrogens with two attached hydrogens (primary N) is 1. The summed E-state index contributed by atoms with van der Waals surface area (Å²) in [7, 11) is 0. The fraction of sp³-hybridized carbons (Fsp3) is 0.143. The second kappa shape index (κ2) is 5.36. The highest BCUT2D eigenvalue weighted by atomic mass is 79.9. The molecule has 0 heterocycles. The zero-order valence-electron chi connectivity index (χ0n) is 10.6. The van der Waals surface area contributed by atoms with E-state index in [0.717, 1.165) is 21.8 Å². The van der Waals surface area contributed by atoms with Crippen LogP contribution in [0, 0.1) is 6.92 Å². The summed E-state index contributed by atoms with van der Waals surface area (Å²) in [5.41, 5.74) is 6.24. The molecule has 0 atom stereocenters. The molecule has 0 radical (unpaired) electrons. The molecule has 0 bridgehead atoms. The molecule has 0 aromatic heterocycles. The highest BCUT2D eigenvalue weighted by Gasteiger charge is 2.33. The molecule has 0 amide bonds. The molecule has 0 saturated heterocycles. The first kappa shape index (κ1) is 14.7. The quantitative estimate of drug-likeness (QED) is 0.743. The number of anilines is 3. The summed E-state index contributed by atoms with van der Waals surface area (Å²) in [6.07, 6.45) is -4.46. The molecule has 3 N–H and O–H groups in total. The molecule has 106 valence electrons. The second-order valence-electron chi connectivity index (χ2n) is 4.34. The van der Waals surface area contributed by atoms with Crippen molar-refractivity contribution in [3.8, 4) is 0 Å². The van der Waals surface area contributed by atoms with Crippen LogP contribution >= 0.6 is 15.9 Å². The Labute approximate surface area is 122 Å². The summed E-state index contributed by atoms with van der Waals surface area (Å²) < 4.78 is 39.3. The van der Waals surface area contributed by atoms with E-state index in [0.29, 0.717) is 5.69 Å². The van der Waals surface area contributed by atoms with E-state index in [-0.39, 0.29) is 5.69 Å². The maximum atomic E-state index is 12.8. The lowest BCUT2D eigenvalue weighted by Crippen LogP contribution is -2.09. The lowest BCUT2D eigenvalue weighted by atomic mass is 10.1. The average Bonchev–Trinajstić information content (AvgIpc) is 2.36. The molecule has 2 rings (SSSR count). The van der Waals surface area contributed by atoms with Gasteiger partial charge < -0.3 is 11.1 Å². The van der Waals surface area contributed by atoms with Crippen molar-refractivity contribution in [3.05, 3.63) is 52.0 Å². The third-order valence-corrected chi connectivity index (χ3v) is 3.76. The van der Waals surface area contributed by atoms with Crippen LogP contribution in [0.25, 0.3) is 0 Å². The molecular formula is C14H12BrF3N2. The molecule has 2 nitrogen and oxygen atoms in total. The molecule has 2 aromatic rings. The fourth-order valence-electron chi connectivity index (χ4n) is 1.78. The number of alkyl halides is 3. The van der Waals surface area contributed by atoms with Crippen LogP contribution in [0.4, 0.5) is 30.2 Å². The van der Waals surface area contributed by atoms with E-state index in [1.807, 2.05) is 13.0 Å². The lowest BCUT2D eigenvalue weighted by Gasteiger charge is -2.14. The number of rotatable bonds is 2. The molecule has 0 aliphatic heterocycles. The van der Waals surface area contributed by atoms with Crippen molar-refractivity contribution in [3.63, 3.8) is 0 Å². The molecule has 0 unspecified atom stereocenters. The Morgan fingerprint density at radius 1 is 1.15 bits per heavy atom. The SMILES string of the molecule is Cc1c(Br)cccc1Nc1ccc(N)c(C(F)(F)F)c1. The van der Waals surface area contributed by atoms with E-state index in [1.54, 1.807) is 12.1 Å². The molecule has 20 heavy (non-hydrogen) atoms. The van der Waals surface area contributed by atoms with Crippen LogP contribution in [0.2, 0.25) is 0 Å². The van der Waals surface area contributed by atoms with Crippen LogP contribution in [-0.4, -0.2) is 0 Å². The molecule has 0 aliphatic rings. The third-order valence-electron chi connectivity index (χ3n) is 2.91. The predicted molar refractivity (Wildman–Crippen MR) is 78.0 cm³/mol. The minimum atomic E-state index is -4.46. The minimum absolute atomic E-state index is 0.283. The highest BCUT2D eigenvalue weighted by molar-refractivity contribution is 9.10. The zero-order chi connectivity index (χ0) is 14.9. The van der Waals surface area contributed by atoms with Gasteiger partial charge in [-0.05, 0) is 42.8 Å². The minimum Gasteiger partial charge on any atom is -0.398 e. The van der Waals surface area contributed by atoms with Crippen molar-refractivity contribution >= 4 is 33.0 Å². The summed E-state index contributed by atoms with van der Waals surface area (Å²) in [5.74, 6) is 0. The first-order valence-corrected chi connectivity index (χ1v) is 6.57. The number of hydrogen-bond donors (Lipinski definition) is 2. The molecule has 0 spiro atoms. The van der Waals surface area contributed by atoms with E-state index in [4.69, 9.17) is 5.73 Å². The van der Waals surface area contributed by atoms with Crippen molar-refractivity contribution in [1.82, 2.24) is 0 Å². The largest absolute Gasteiger partial charge is 0.418 e. The standard InChI is InChI=1S/C14H12BrF3N2/c1-8-11(15)3-2-4-13(8)20-9-5-6-12(19)10(7-9)14(16,17)18/h2-7,20H,19H2,1H3. The van der Waals surface area contributed by atoms with Gasteiger partial charge in [0.25, 0.3) is 0 Å². The van der Waals surface area contributed by atoms with Gasteiger partial charge in [-0.15, -0.1) is 0 Å². The summed E-state index contributed by atoms with van der Waals surface area (Å²) in [4.78, 5) is 0. The van der Waals surface area contributed by atoms with Crippen LogP contribution in [0.5, 0.6) is 0 Å². The average molecular weight is 345 g/mol. The van der Waals surface area contributed by atoms with Gasteiger partial charge in [0, 0.05) is 21.5 Å². The molecule has 0 aliphatic carbocycles. The van der Waals surface area contributed by atoms with Gasteiger partial charge in [0.15, 0.2) is 0 Å². The smallest absolute Gasteiger partial charge is 0.398 e. The molecule has 0 saturated carbocycles. The van der Waals surface area contributed by atoms with Gasteiger partial charge in [-0.1, -0.05) is 22.0 Å². The maximum absolute atomic E-state index is 12.8. The maximum Gasteiger partial charge on any atom is 0.418 e. The monoisotopic (exact) mass is 344 g/mol. The van der Waals surface area contributed by atoms with E-state index in [9.17, 15) is 13.2 Å². The van der Waals surface area contributed by atoms with Gasteiger partial charge in [-0.25, -0.2) is 0 Å². The van der Waals surface area contributed by atoms with E-state index in [2.05, 4.69) is 21.2 Å². The van der Waals surface area contributed by atoms with Gasteiger partial charge in [-0.2, -0.15) is 13.2 Å². The van der Waals surface area contributed by atoms with Gasteiger partial charge in [0.1, 0.15) is 0 Å². The Morgan fingerprint density at radius 3 is 2.50 bits per heavy atom. The van der Waals surface area contributed by atoms with E-state index < -0.39 is 11.7 Å². The van der Waals surface area contributed by atoms with Crippen LogP contribution < -0.4 is 11.1 Å². The second-order valence-corrected chi connectivity index (χ2v) is 5.19. The van der Waals surface area contributed by atoms with Gasteiger partial charge in [-0.3, -0.25) is 0 Å². The topological polar surface area (TPSA) is 38.0 Å². The first-order valence-electron chi connectivity index (χ1n) is 5.78. The van der Waals surface area contributed by atoms with Gasteiger partial charge in [0.2, 0.25) is 0 Å². The van der Waals surface area contributed by atoms with Crippen LogP contribution in [-0.2, 0) is 6.18 Å². The Balaban J connectivity index is 2.38. The normalized spacial score (nSPS) is 11.4. The van der Waals surface area contributed by atoms with Gasteiger partial charge >= 0.3 is 6.18 Å². The Kier molecular flexibility index (Phi) is 3.94. The third kappa shape index (κ3) is 3.07. The number of nitrogen functional groups attached to an aromatic ring is 1. The van der Waals surface area contributed by atoms with Crippen molar-refractivity contribution in [2.75, 3.05) is 11.1 Å². The van der Waals surface area contributed by atoms with Crippen LogP contribution in [0.3, 0.4) is 0 Å². The molecular weight excluding hydrogens is 333 g/mol. The first-order chi connectivity index (χ1) is 9.29. The summed E-state index contributed by atoms with van der Waals surface area (Å²) in [6, 6.07) is 9.24. The molecule has 6 heteroatoms. The van der Waals surface area contributed by atoms with Crippen molar-refractivity contribution in [2.24, 2.45) is 0 Å². The Bertz CT molecular complexity index is 639. The summed E-state index contributed by atoms with van der Waals surface area (Å²) in [5, 5.41) is 2.97. The van der Waals surface area contributed by atoms with Gasteiger partial charge in [0.05, 0.1) is 5.56 Å². The van der Waals surface area contributed by atoms with Crippen LogP contribution in [0.15, 0.2) is 40.9 Å². The van der Waals surface area contributed by atoms with Crippen molar-refractivity contribution in [1.29, 1.82) is 0 Å². The van der Waals surface area contributed by atoms with E-state index in [1.165, 1.54) is 12.1 Å². The molecule has 2 aromatic carbocycles. The van der Waals surface area contributed by atoms with Crippen molar-refractivity contribution in [2.45, 2.75) is 13.1 Å². The van der Waals surface area contributed by atoms with E-state index >= 15 is 0 Å². The number of nitrogens with one attached hydrogen (secondary N) is 1. The predicted octanol–water partition coefficient (Wildman–Crippen LogP) is 5.10. The van der Waals surface area contributed by atoms with Crippen LogP contribution in [0.1, 0.15) is 11.1 Å². The number of hydrogen-bond acceptors (Lipinski definition) is 2.